The van der Waals surface area contributed by atoms with Crippen molar-refractivity contribution in [3.63, 3.8) is 0 Å². The van der Waals surface area contributed by atoms with E-state index in [-0.39, 0.29) is 0 Å². The predicted octanol–water partition coefficient (Wildman–Crippen LogP) is 2.90. The summed E-state index contributed by atoms with van der Waals surface area (Å²) < 4.78 is 27.2. The van der Waals surface area contributed by atoms with Crippen LogP contribution in [-0.2, 0) is 15.9 Å². The van der Waals surface area contributed by atoms with Gasteiger partial charge in [-0.05, 0) is 59.6 Å². The van der Waals surface area contributed by atoms with Gasteiger partial charge in [-0.1, -0.05) is 6.07 Å². The number of likely N-dealkylation sites (N-methyl/N-ethyl adjacent to an activating group) is 1. The van der Waals surface area contributed by atoms with Gasteiger partial charge in [0.1, 0.15) is 0 Å². The van der Waals surface area contributed by atoms with Gasteiger partial charge in [-0.25, -0.2) is 8.42 Å². The lowest BCUT2D eigenvalue weighted by Gasteiger charge is -2.21. The number of sulfonamides is 1. The molecule has 21 heavy (non-hydrogen) atoms. The van der Waals surface area contributed by atoms with Gasteiger partial charge in [0.25, 0.3) is 0 Å². The van der Waals surface area contributed by atoms with E-state index in [9.17, 15) is 8.42 Å². The molecule has 0 atom stereocenters. The van der Waals surface area contributed by atoms with E-state index in [1.807, 2.05) is 0 Å². The minimum absolute atomic E-state index is 0.292. The summed E-state index contributed by atoms with van der Waals surface area (Å²) in [5.41, 5.74) is 0.891. The summed E-state index contributed by atoms with van der Waals surface area (Å²) in [5, 5.41) is 0. The van der Waals surface area contributed by atoms with E-state index >= 15 is 0 Å². The van der Waals surface area contributed by atoms with Gasteiger partial charge in [0.05, 0.1) is 4.90 Å². The minimum Gasteiger partial charge on any atom is -0.302 e. The largest absolute Gasteiger partial charge is 0.302 e. The predicted molar refractivity (Wildman–Crippen MR) is 89.2 cm³/mol. The molecular weight excluding hydrogens is 376 g/mol. The van der Waals surface area contributed by atoms with Crippen LogP contribution in [0.3, 0.4) is 0 Å². The molecule has 1 aromatic carbocycles. The van der Waals surface area contributed by atoms with E-state index in [1.54, 1.807) is 25.2 Å². The highest BCUT2D eigenvalue weighted by molar-refractivity contribution is 9.10. The molecule has 0 saturated carbocycles. The number of alkyl halides is 1. The zero-order valence-corrected chi connectivity index (χ0v) is 15.2. The molecule has 1 heterocycles. The maximum absolute atomic E-state index is 12.6. The number of likely N-dealkylation sites (tertiary alicyclic amines) is 1. The lowest BCUT2D eigenvalue weighted by molar-refractivity contribution is 0.310. The molecule has 7 heteroatoms. The van der Waals surface area contributed by atoms with Crippen molar-refractivity contribution in [2.45, 2.75) is 23.6 Å². The van der Waals surface area contributed by atoms with E-state index < -0.39 is 10.0 Å². The fourth-order valence-electron chi connectivity index (χ4n) is 2.41. The van der Waals surface area contributed by atoms with Crippen molar-refractivity contribution in [3.8, 4) is 0 Å². The van der Waals surface area contributed by atoms with Crippen molar-refractivity contribution in [1.82, 2.24) is 9.21 Å². The first-order valence-corrected chi connectivity index (χ1v) is 9.75. The van der Waals surface area contributed by atoms with Gasteiger partial charge in [0.15, 0.2) is 0 Å². The molecule has 1 fully saturated rings. The lowest BCUT2D eigenvalue weighted by atomic mass is 10.2. The molecule has 4 nitrogen and oxygen atoms in total. The quantitative estimate of drug-likeness (QED) is 0.695. The number of nitrogens with zero attached hydrogens (tertiary/aromatic N) is 2. The summed E-state index contributed by atoms with van der Waals surface area (Å²) >= 11 is 9.10. The molecule has 1 saturated heterocycles. The van der Waals surface area contributed by atoms with Crippen LogP contribution in [0.2, 0.25) is 0 Å². The number of halogens is 2. The lowest BCUT2D eigenvalue weighted by Crippen LogP contribution is -2.35. The Morgan fingerprint density at radius 3 is 2.57 bits per heavy atom. The van der Waals surface area contributed by atoms with E-state index in [4.69, 9.17) is 11.6 Å². The number of hydrogen-bond acceptors (Lipinski definition) is 3. The van der Waals surface area contributed by atoms with Gasteiger partial charge in [0, 0.05) is 30.5 Å². The minimum atomic E-state index is -3.47. The van der Waals surface area contributed by atoms with Gasteiger partial charge < -0.3 is 4.90 Å². The molecule has 0 radical (unpaired) electrons. The standard InChI is InChI=1S/C14H20BrClN2O2S/c1-17(8-9-18-6-2-3-7-18)21(19,20)14-5-4-12(11-16)10-13(14)15/h4-5,10H,2-3,6-9,11H2,1H3. The third-order valence-electron chi connectivity index (χ3n) is 3.77. The van der Waals surface area contributed by atoms with Crippen molar-refractivity contribution in [2.75, 3.05) is 33.2 Å². The molecule has 0 unspecified atom stereocenters. The molecule has 0 aliphatic carbocycles. The summed E-state index contributed by atoms with van der Waals surface area (Å²) in [6.07, 6.45) is 2.42. The Morgan fingerprint density at radius 1 is 1.33 bits per heavy atom. The summed E-state index contributed by atoms with van der Waals surface area (Å²) in [6, 6.07) is 5.12. The summed E-state index contributed by atoms with van der Waals surface area (Å²) in [7, 11) is -1.84. The average Bonchev–Trinajstić information content (AvgIpc) is 2.97. The molecule has 0 N–H and O–H groups in total. The van der Waals surface area contributed by atoms with Crippen LogP contribution in [0.4, 0.5) is 0 Å². The molecule has 2 rings (SSSR count). The maximum Gasteiger partial charge on any atom is 0.243 e. The summed E-state index contributed by atoms with van der Waals surface area (Å²) in [4.78, 5) is 2.60. The van der Waals surface area contributed by atoms with Crippen molar-refractivity contribution in [1.29, 1.82) is 0 Å². The van der Waals surface area contributed by atoms with Crippen molar-refractivity contribution in [2.24, 2.45) is 0 Å². The van der Waals surface area contributed by atoms with Crippen molar-refractivity contribution < 1.29 is 8.42 Å². The second kappa shape index (κ2) is 7.42. The first kappa shape index (κ1) is 17.2. The fraction of sp³-hybridized carbons (Fsp3) is 0.571. The van der Waals surface area contributed by atoms with Crippen molar-refractivity contribution >= 4 is 37.6 Å². The maximum atomic E-state index is 12.6. The SMILES string of the molecule is CN(CCN1CCCC1)S(=O)(=O)c1ccc(CCl)cc1Br. The van der Waals surface area contributed by atoms with Crippen molar-refractivity contribution in [3.05, 3.63) is 28.2 Å². The zero-order valence-electron chi connectivity index (χ0n) is 12.1. The first-order valence-electron chi connectivity index (χ1n) is 6.98. The van der Waals surface area contributed by atoms with Crippen LogP contribution in [0.1, 0.15) is 18.4 Å². The monoisotopic (exact) mass is 394 g/mol. The second-order valence-corrected chi connectivity index (χ2v) is 8.41. The second-order valence-electron chi connectivity index (χ2n) is 5.27. The highest BCUT2D eigenvalue weighted by Crippen LogP contribution is 2.26. The van der Waals surface area contributed by atoms with Crippen LogP contribution in [0.5, 0.6) is 0 Å². The van der Waals surface area contributed by atoms with Crippen LogP contribution in [-0.4, -0.2) is 50.8 Å². The number of rotatable bonds is 6. The number of hydrogen-bond donors (Lipinski definition) is 0. The first-order chi connectivity index (χ1) is 9.95. The highest BCUT2D eigenvalue weighted by Gasteiger charge is 2.24. The summed E-state index contributed by atoms with van der Waals surface area (Å²) in [6.45, 7) is 3.43. The molecule has 0 spiro atoms. The fourth-order valence-corrected chi connectivity index (χ4v) is 4.82. The Kier molecular flexibility index (Phi) is 6.08. The molecule has 0 bridgehead atoms. The third-order valence-corrected chi connectivity index (χ3v) is 6.91. The van der Waals surface area contributed by atoms with E-state index in [0.29, 0.717) is 21.8 Å². The zero-order chi connectivity index (χ0) is 15.5. The smallest absolute Gasteiger partial charge is 0.243 e. The topological polar surface area (TPSA) is 40.6 Å². The molecule has 0 aromatic heterocycles. The number of benzene rings is 1. The molecule has 0 amide bonds. The van der Waals surface area contributed by atoms with Gasteiger partial charge in [0.2, 0.25) is 10.0 Å². The Labute approximate surface area is 140 Å². The van der Waals surface area contributed by atoms with Crippen LogP contribution in [0, 0.1) is 0 Å². The van der Waals surface area contributed by atoms with Crippen LogP contribution in [0.15, 0.2) is 27.6 Å². The normalized spacial score (nSPS) is 16.8. The van der Waals surface area contributed by atoms with Gasteiger partial charge >= 0.3 is 0 Å². The summed E-state index contributed by atoms with van der Waals surface area (Å²) in [5.74, 6) is 0.365. The molecule has 1 aliphatic rings. The third kappa shape index (κ3) is 4.20. The van der Waals surface area contributed by atoms with Gasteiger partial charge in [-0.3, -0.25) is 0 Å². The van der Waals surface area contributed by atoms with Gasteiger partial charge in [-0.2, -0.15) is 4.31 Å². The Balaban J connectivity index is 2.09. The highest BCUT2D eigenvalue weighted by atomic mass is 79.9. The van der Waals surface area contributed by atoms with E-state index in [2.05, 4.69) is 20.8 Å². The Hall–Kier alpha value is -0.140. The molecule has 1 aromatic rings. The Morgan fingerprint density at radius 2 is 2.00 bits per heavy atom. The van der Waals surface area contributed by atoms with Crippen LogP contribution >= 0.6 is 27.5 Å². The van der Waals surface area contributed by atoms with E-state index in [0.717, 1.165) is 25.2 Å². The average molecular weight is 396 g/mol. The van der Waals surface area contributed by atoms with Crippen LogP contribution < -0.4 is 0 Å². The Bertz CT molecular complexity index is 589. The molecule has 1 aliphatic heterocycles. The van der Waals surface area contributed by atoms with Crippen LogP contribution in [0.25, 0.3) is 0 Å². The molecule has 118 valence electrons. The molecular formula is C14H20BrClN2O2S. The van der Waals surface area contributed by atoms with Gasteiger partial charge in [-0.15, -0.1) is 11.6 Å². The van der Waals surface area contributed by atoms with E-state index in [1.165, 1.54) is 17.1 Å².